The van der Waals surface area contributed by atoms with Crippen molar-refractivity contribution in [2.24, 2.45) is 0 Å². The molecule has 0 heterocycles. The Balaban J connectivity index is 2.98. The Morgan fingerprint density at radius 3 is 2.62 bits per heavy atom. The third kappa shape index (κ3) is 3.34. The van der Waals surface area contributed by atoms with Gasteiger partial charge >= 0.3 is 7.60 Å². The summed E-state index contributed by atoms with van der Waals surface area (Å²) in [6.45, 7) is 4.36. The normalized spacial score (nSPS) is 14.4. The van der Waals surface area contributed by atoms with Gasteiger partial charge in [-0.2, -0.15) is 0 Å². The van der Waals surface area contributed by atoms with Gasteiger partial charge in [0.1, 0.15) is 11.1 Å². The van der Waals surface area contributed by atoms with Gasteiger partial charge in [-0.3, -0.25) is 4.57 Å². The minimum atomic E-state index is -3.75. The molecule has 0 aliphatic heterocycles. The first-order valence-electron chi connectivity index (χ1n) is 5.31. The van der Waals surface area contributed by atoms with E-state index in [9.17, 15) is 9.46 Å². The molecule has 1 N–H and O–H groups in total. The van der Waals surface area contributed by atoms with E-state index in [1.807, 2.05) is 6.92 Å². The van der Waals surface area contributed by atoms with E-state index in [0.29, 0.717) is 12.4 Å². The molecule has 0 radical (unpaired) electrons. The third-order valence-corrected chi connectivity index (χ3v) is 3.52. The average Bonchev–Trinajstić information content (AvgIpc) is 2.26. The first-order valence-corrected chi connectivity index (χ1v) is 6.89. The van der Waals surface area contributed by atoms with Crippen molar-refractivity contribution in [3.05, 3.63) is 24.3 Å². The van der Waals surface area contributed by atoms with Crippen LogP contribution in [0.25, 0.3) is 0 Å². The monoisotopic (exact) mass is 244 g/mol. The highest BCUT2D eigenvalue weighted by molar-refractivity contribution is 7.61. The minimum absolute atomic E-state index is 0.190. The lowest BCUT2D eigenvalue weighted by molar-refractivity contribution is 0.280. The van der Waals surface area contributed by atoms with Crippen LogP contribution < -0.4 is 10.0 Å². The second-order valence-electron chi connectivity index (χ2n) is 3.25. The number of para-hydroxylation sites is 1. The van der Waals surface area contributed by atoms with Crippen LogP contribution in [0.4, 0.5) is 0 Å². The third-order valence-electron chi connectivity index (χ3n) is 1.94. The van der Waals surface area contributed by atoms with Crippen molar-refractivity contribution in [1.29, 1.82) is 0 Å². The van der Waals surface area contributed by atoms with Gasteiger partial charge in [-0.25, -0.2) is 0 Å². The largest absolute Gasteiger partial charge is 0.493 e. The maximum absolute atomic E-state index is 11.9. The van der Waals surface area contributed by atoms with Gasteiger partial charge in [0, 0.05) is 0 Å². The van der Waals surface area contributed by atoms with E-state index >= 15 is 0 Å². The summed E-state index contributed by atoms with van der Waals surface area (Å²) in [5.74, 6) is 0.420. The molecule has 1 aromatic rings. The van der Waals surface area contributed by atoms with E-state index in [2.05, 4.69) is 0 Å². The van der Waals surface area contributed by atoms with Crippen LogP contribution in [0, 0.1) is 0 Å². The van der Waals surface area contributed by atoms with Gasteiger partial charge in [0.2, 0.25) is 0 Å². The molecule has 0 bridgehead atoms. The lowest BCUT2D eigenvalue weighted by atomic mass is 10.3. The maximum Gasteiger partial charge on any atom is 0.362 e. The number of hydrogen-bond acceptors (Lipinski definition) is 3. The summed E-state index contributed by atoms with van der Waals surface area (Å²) in [7, 11) is -3.75. The Bertz CT molecular complexity index is 378. The van der Waals surface area contributed by atoms with Gasteiger partial charge in [0.05, 0.1) is 13.2 Å². The molecule has 1 unspecified atom stereocenters. The Hall–Kier alpha value is -0.830. The van der Waals surface area contributed by atoms with Crippen molar-refractivity contribution >= 4 is 12.9 Å². The molecule has 0 spiro atoms. The molecular weight excluding hydrogens is 227 g/mol. The van der Waals surface area contributed by atoms with Crippen molar-refractivity contribution in [1.82, 2.24) is 0 Å². The zero-order valence-corrected chi connectivity index (χ0v) is 10.4. The van der Waals surface area contributed by atoms with Gasteiger partial charge in [-0.05, 0) is 25.5 Å². The quantitative estimate of drug-likeness (QED) is 0.780. The molecule has 4 nitrogen and oxygen atoms in total. The van der Waals surface area contributed by atoms with Crippen LogP contribution in [-0.2, 0) is 9.09 Å². The first-order chi connectivity index (χ1) is 7.61. The van der Waals surface area contributed by atoms with Gasteiger partial charge < -0.3 is 14.2 Å². The number of benzene rings is 1. The topological polar surface area (TPSA) is 55.8 Å². The standard InChI is InChI=1S/C11H17O4P/c1-3-9-14-10-7-5-6-8-11(10)16(12,13)15-4-2/h5-8H,3-4,9H2,1-2H3,(H,12,13). The lowest BCUT2D eigenvalue weighted by Gasteiger charge is -2.15. The Morgan fingerprint density at radius 1 is 1.31 bits per heavy atom. The molecule has 0 aliphatic carbocycles. The Labute approximate surface area is 95.7 Å². The van der Waals surface area contributed by atoms with Crippen LogP contribution >= 0.6 is 7.60 Å². The van der Waals surface area contributed by atoms with E-state index in [4.69, 9.17) is 9.26 Å². The minimum Gasteiger partial charge on any atom is -0.493 e. The van der Waals surface area contributed by atoms with Gasteiger partial charge in [-0.15, -0.1) is 0 Å². The zero-order chi connectivity index (χ0) is 12.0. The fraction of sp³-hybridized carbons (Fsp3) is 0.455. The smallest absolute Gasteiger partial charge is 0.362 e. The van der Waals surface area contributed by atoms with Crippen LogP contribution in [-0.4, -0.2) is 18.1 Å². The number of hydrogen-bond donors (Lipinski definition) is 1. The summed E-state index contributed by atoms with van der Waals surface area (Å²) < 4.78 is 22.1. The van der Waals surface area contributed by atoms with Gasteiger partial charge in [-0.1, -0.05) is 19.1 Å². The predicted molar refractivity (Wildman–Crippen MR) is 63.3 cm³/mol. The summed E-state index contributed by atoms with van der Waals surface area (Å²) in [4.78, 5) is 9.72. The number of ether oxygens (including phenoxy) is 1. The van der Waals surface area contributed by atoms with Crippen molar-refractivity contribution in [2.75, 3.05) is 13.2 Å². The lowest BCUT2D eigenvalue weighted by Crippen LogP contribution is -2.12. The molecule has 0 aromatic heterocycles. The van der Waals surface area contributed by atoms with Crippen LogP contribution in [0.15, 0.2) is 24.3 Å². The van der Waals surface area contributed by atoms with Crippen molar-refractivity contribution < 1.29 is 18.7 Å². The highest BCUT2D eigenvalue weighted by Crippen LogP contribution is 2.43. The molecule has 0 amide bonds. The van der Waals surface area contributed by atoms with E-state index in [1.165, 1.54) is 0 Å². The molecular formula is C11H17O4P. The first kappa shape index (κ1) is 13.2. The van der Waals surface area contributed by atoms with Crippen molar-refractivity contribution in [3.63, 3.8) is 0 Å². The number of rotatable bonds is 6. The zero-order valence-electron chi connectivity index (χ0n) is 9.55. The second kappa shape index (κ2) is 6.04. The van der Waals surface area contributed by atoms with Crippen molar-refractivity contribution in [2.45, 2.75) is 20.3 Å². The fourth-order valence-electron chi connectivity index (χ4n) is 1.27. The molecule has 0 fully saturated rings. The molecule has 1 atom stereocenters. The molecule has 0 saturated heterocycles. The Morgan fingerprint density at radius 2 is 2.00 bits per heavy atom. The van der Waals surface area contributed by atoms with E-state index in [1.54, 1.807) is 31.2 Å². The summed E-state index contributed by atoms with van der Waals surface area (Å²) in [6, 6.07) is 6.69. The van der Waals surface area contributed by atoms with Crippen LogP contribution in [0.5, 0.6) is 5.75 Å². The molecule has 5 heteroatoms. The highest BCUT2D eigenvalue weighted by Gasteiger charge is 2.25. The van der Waals surface area contributed by atoms with Crippen LogP contribution in [0.2, 0.25) is 0 Å². The van der Waals surface area contributed by atoms with E-state index in [-0.39, 0.29) is 11.9 Å². The average molecular weight is 244 g/mol. The van der Waals surface area contributed by atoms with Gasteiger partial charge in [0.15, 0.2) is 0 Å². The van der Waals surface area contributed by atoms with Crippen molar-refractivity contribution in [3.8, 4) is 5.75 Å². The van der Waals surface area contributed by atoms with E-state index in [0.717, 1.165) is 6.42 Å². The summed E-state index contributed by atoms with van der Waals surface area (Å²) in [6.07, 6.45) is 0.846. The molecule has 0 saturated carbocycles. The van der Waals surface area contributed by atoms with Crippen LogP contribution in [0.1, 0.15) is 20.3 Å². The summed E-state index contributed by atoms with van der Waals surface area (Å²) in [5, 5.41) is 0.227. The molecule has 0 aliphatic rings. The fourth-order valence-corrected chi connectivity index (χ4v) is 2.45. The second-order valence-corrected chi connectivity index (χ2v) is 5.04. The van der Waals surface area contributed by atoms with Gasteiger partial charge in [0.25, 0.3) is 0 Å². The van der Waals surface area contributed by atoms with E-state index < -0.39 is 7.60 Å². The highest BCUT2D eigenvalue weighted by atomic mass is 31.2. The predicted octanol–water partition coefficient (Wildman–Crippen LogP) is 2.32. The summed E-state index contributed by atoms with van der Waals surface area (Å²) in [5.41, 5.74) is 0. The summed E-state index contributed by atoms with van der Waals surface area (Å²) >= 11 is 0. The SMILES string of the molecule is CCCOc1ccccc1P(=O)(O)OCC. The van der Waals surface area contributed by atoms with Crippen LogP contribution in [0.3, 0.4) is 0 Å². The molecule has 1 aromatic carbocycles. The maximum atomic E-state index is 11.9. The molecule has 1 rings (SSSR count). The molecule has 16 heavy (non-hydrogen) atoms. The molecule has 90 valence electrons. The Kier molecular flexibility index (Phi) is 5.00.